The first-order valence-electron chi connectivity index (χ1n) is 7.75. The summed E-state index contributed by atoms with van der Waals surface area (Å²) in [5, 5.41) is 4.42. The molecule has 1 aromatic carbocycles. The van der Waals surface area contributed by atoms with Gasteiger partial charge in [-0.25, -0.2) is 4.98 Å². The summed E-state index contributed by atoms with van der Waals surface area (Å²) in [6, 6.07) is 8.18. The normalized spacial score (nSPS) is 18.2. The van der Waals surface area contributed by atoms with E-state index in [-0.39, 0.29) is 5.91 Å². The summed E-state index contributed by atoms with van der Waals surface area (Å²) in [6.07, 6.45) is 3.99. The third-order valence-electron chi connectivity index (χ3n) is 4.02. The number of thioether (sulfide) groups is 1. The fourth-order valence-electron chi connectivity index (χ4n) is 2.76. The number of amidine groups is 1. The number of thiazole rings is 1. The van der Waals surface area contributed by atoms with Crippen molar-refractivity contribution in [3.8, 4) is 0 Å². The fraction of sp³-hybridized carbons (Fsp3) is 0.167. The molecule has 0 bridgehead atoms. The molecule has 0 saturated carbocycles. The molecular formula is C18H16N4OS2. The number of likely N-dealkylation sites (N-methyl/N-ethyl adjacent to an activating group) is 1. The third kappa shape index (κ3) is 2.89. The van der Waals surface area contributed by atoms with Gasteiger partial charge in [0.25, 0.3) is 5.91 Å². The Hall–Kier alpha value is -2.38. The molecule has 1 amide bonds. The van der Waals surface area contributed by atoms with Gasteiger partial charge in [-0.3, -0.25) is 9.69 Å². The largest absolute Gasteiger partial charge is 0.350 e. The van der Waals surface area contributed by atoms with Gasteiger partial charge in [-0.2, -0.15) is 4.99 Å². The predicted octanol–water partition coefficient (Wildman–Crippen LogP) is 4.18. The van der Waals surface area contributed by atoms with Gasteiger partial charge in [-0.15, -0.1) is 11.3 Å². The first kappa shape index (κ1) is 16.1. The molecule has 3 heterocycles. The Balaban J connectivity index is 1.72. The average Bonchev–Trinajstić information content (AvgIpc) is 3.23. The van der Waals surface area contributed by atoms with E-state index in [0.717, 1.165) is 22.2 Å². The molecule has 1 aliphatic rings. The number of carbonyl (C=O) groups excluding carboxylic acids is 1. The van der Waals surface area contributed by atoms with Crippen LogP contribution in [0, 0.1) is 6.92 Å². The van der Waals surface area contributed by atoms with E-state index in [1.807, 2.05) is 43.8 Å². The van der Waals surface area contributed by atoms with Crippen LogP contribution in [0.3, 0.4) is 0 Å². The van der Waals surface area contributed by atoms with Crippen LogP contribution >= 0.6 is 23.1 Å². The third-order valence-corrected chi connectivity index (χ3v) is 5.93. The molecule has 126 valence electrons. The summed E-state index contributed by atoms with van der Waals surface area (Å²) in [5.41, 5.74) is 3.12. The van der Waals surface area contributed by atoms with Crippen molar-refractivity contribution in [2.45, 2.75) is 6.92 Å². The SMILES string of the molecule is Cc1csc(/N=C2/S/C(=C\c3cn(C)c4ccccc34)C(=O)N2C)n1. The van der Waals surface area contributed by atoms with Gasteiger partial charge >= 0.3 is 0 Å². The van der Waals surface area contributed by atoms with Gasteiger partial charge in [0.1, 0.15) is 0 Å². The maximum absolute atomic E-state index is 12.6. The van der Waals surface area contributed by atoms with E-state index in [2.05, 4.69) is 26.7 Å². The minimum Gasteiger partial charge on any atom is -0.350 e. The monoisotopic (exact) mass is 368 g/mol. The highest BCUT2D eigenvalue weighted by Crippen LogP contribution is 2.35. The molecule has 0 spiro atoms. The second-order valence-corrected chi connectivity index (χ2v) is 7.70. The average molecular weight is 368 g/mol. The van der Waals surface area contributed by atoms with Crippen molar-refractivity contribution >= 4 is 56.3 Å². The molecule has 0 radical (unpaired) electrons. The van der Waals surface area contributed by atoms with Crippen molar-refractivity contribution in [1.29, 1.82) is 0 Å². The van der Waals surface area contributed by atoms with Crippen LogP contribution in [0.4, 0.5) is 5.13 Å². The Morgan fingerprint density at radius 1 is 1.24 bits per heavy atom. The number of nitrogens with zero attached hydrogens (tertiary/aromatic N) is 4. The van der Waals surface area contributed by atoms with Crippen LogP contribution in [-0.2, 0) is 11.8 Å². The van der Waals surface area contributed by atoms with Crippen LogP contribution in [0.1, 0.15) is 11.3 Å². The summed E-state index contributed by atoms with van der Waals surface area (Å²) in [4.78, 5) is 23.7. The van der Waals surface area contributed by atoms with Gasteiger partial charge < -0.3 is 4.57 Å². The second-order valence-electron chi connectivity index (χ2n) is 5.85. The van der Waals surface area contributed by atoms with Crippen LogP contribution in [0.15, 0.2) is 45.7 Å². The Labute approximate surface area is 153 Å². The zero-order chi connectivity index (χ0) is 17.6. The number of amides is 1. The highest BCUT2D eigenvalue weighted by molar-refractivity contribution is 8.18. The van der Waals surface area contributed by atoms with E-state index in [9.17, 15) is 4.79 Å². The van der Waals surface area contributed by atoms with E-state index in [1.165, 1.54) is 23.1 Å². The fourth-order valence-corrected chi connectivity index (χ4v) is 4.44. The van der Waals surface area contributed by atoms with Crippen molar-refractivity contribution < 1.29 is 4.79 Å². The summed E-state index contributed by atoms with van der Waals surface area (Å²) in [5.74, 6) is -0.0371. The Morgan fingerprint density at radius 3 is 2.80 bits per heavy atom. The van der Waals surface area contributed by atoms with Crippen LogP contribution in [0.5, 0.6) is 0 Å². The van der Waals surface area contributed by atoms with E-state index >= 15 is 0 Å². The zero-order valence-corrected chi connectivity index (χ0v) is 15.7. The Morgan fingerprint density at radius 2 is 2.04 bits per heavy atom. The first-order chi connectivity index (χ1) is 12.0. The van der Waals surface area contributed by atoms with Crippen LogP contribution in [-0.4, -0.2) is 32.6 Å². The number of hydrogen-bond donors (Lipinski definition) is 0. The zero-order valence-electron chi connectivity index (χ0n) is 14.1. The van der Waals surface area contributed by atoms with E-state index in [1.54, 1.807) is 11.9 Å². The number of aliphatic imine (C=N–C) groups is 1. The number of benzene rings is 1. The molecule has 4 rings (SSSR count). The van der Waals surface area contributed by atoms with Crippen molar-refractivity contribution in [1.82, 2.24) is 14.5 Å². The lowest BCUT2D eigenvalue weighted by molar-refractivity contribution is -0.121. The first-order valence-corrected chi connectivity index (χ1v) is 9.45. The maximum atomic E-state index is 12.6. The van der Waals surface area contributed by atoms with Gasteiger partial charge in [-0.1, -0.05) is 18.2 Å². The van der Waals surface area contributed by atoms with E-state index in [0.29, 0.717) is 15.2 Å². The summed E-state index contributed by atoms with van der Waals surface area (Å²) >= 11 is 2.87. The lowest BCUT2D eigenvalue weighted by Crippen LogP contribution is -2.23. The molecule has 0 atom stereocenters. The summed E-state index contributed by atoms with van der Waals surface area (Å²) in [6.45, 7) is 1.93. The number of para-hydroxylation sites is 1. The minimum atomic E-state index is -0.0371. The summed E-state index contributed by atoms with van der Waals surface area (Å²) < 4.78 is 2.07. The number of rotatable bonds is 2. The van der Waals surface area contributed by atoms with Crippen molar-refractivity contribution in [3.05, 3.63) is 52.0 Å². The van der Waals surface area contributed by atoms with Crippen molar-refractivity contribution in [2.24, 2.45) is 12.0 Å². The number of aromatic nitrogens is 2. The van der Waals surface area contributed by atoms with Gasteiger partial charge in [-0.05, 0) is 30.8 Å². The molecule has 0 N–H and O–H groups in total. The minimum absolute atomic E-state index is 0.0371. The quantitative estimate of drug-likeness (QED) is 0.638. The molecule has 2 aromatic heterocycles. The molecule has 0 unspecified atom stereocenters. The molecule has 1 saturated heterocycles. The van der Waals surface area contributed by atoms with Gasteiger partial charge in [0.2, 0.25) is 5.13 Å². The predicted molar refractivity (Wildman–Crippen MR) is 105 cm³/mol. The van der Waals surface area contributed by atoms with E-state index in [4.69, 9.17) is 0 Å². The lowest BCUT2D eigenvalue weighted by Gasteiger charge is -2.05. The molecule has 1 fully saturated rings. The molecule has 25 heavy (non-hydrogen) atoms. The maximum Gasteiger partial charge on any atom is 0.266 e. The number of aryl methyl sites for hydroxylation is 2. The second kappa shape index (κ2) is 6.16. The van der Waals surface area contributed by atoms with Crippen molar-refractivity contribution in [2.75, 3.05) is 7.05 Å². The molecule has 7 heteroatoms. The molecule has 0 aliphatic carbocycles. The van der Waals surface area contributed by atoms with Gasteiger partial charge in [0.05, 0.1) is 10.6 Å². The van der Waals surface area contributed by atoms with E-state index < -0.39 is 0 Å². The Kier molecular flexibility index (Phi) is 3.97. The smallest absolute Gasteiger partial charge is 0.266 e. The summed E-state index contributed by atoms with van der Waals surface area (Å²) in [7, 11) is 3.76. The lowest BCUT2D eigenvalue weighted by atomic mass is 10.1. The number of fused-ring (bicyclic) bond motifs is 1. The molecule has 5 nitrogen and oxygen atoms in total. The highest BCUT2D eigenvalue weighted by Gasteiger charge is 2.30. The topological polar surface area (TPSA) is 50.5 Å². The van der Waals surface area contributed by atoms with Crippen LogP contribution < -0.4 is 0 Å². The molecular weight excluding hydrogens is 352 g/mol. The number of carbonyl (C=O) groups is 1. The van der Waals surface area contributed by atoms with Gasteiger partial charge in [0, 0.05) is 42.1 Å². The van der Waals surface area contributed by atoms with Gasteiger partial charge in [0.15, 0.2) is 5.17 Å². The van der Waals surface area contributed by atoms with Crippen molar-refractivity contribution in [3.63, 3.8) is 0 Å². The molecule has 1 aliphatic heterocycles. The number of hydrogen-bond acceptors (Lipinski definition) is 5. The highest BCUT2D eigenvalue weighted by atomic mass is 32.2. The van der Waals surface area contributed by atoms with Crippen LogP contribution in [0.2, 0.25) is 0 Å². The standard InChI is InChI=1S/C18H16N4OS2/c1-11-10-24-17(19-11)20-18-22(3)16(23)15(25-18)8-12-9-21(2)14-7-5-4-6-13(12)14/h4-10H,1-3H3/b15-8-,20-18+. The molecule has 3 aromatic rings. The van der Waals surface area contributed by atoms with Crippen LogP contribution in [0.25, 0.3) is 17.0 Å². The Bertz CT molecular complexity index is 1040.